The van der Waals surface area contributed by atoms with Gasteiger partial charge in [-0.05, 0) is 79.8 Å². The van der Waals surface area contributed by atoms with Crippen molar-refractivity contribution in [2.24, 2.45) is 0 Å². The first-order chi connectivity index (χ1) is 17.2. The van der Waals surface area contributed by atoms with Gasteiger partial charge in [0.05, 0.1) is 5.60 Å². The molecule has 1 N–H and O–H groups in total. The molecule has 0 bridgehead atoms. The van der Waals surface area contributed by atoms with E-state index >= 15 is 0 Å². The summed E-state index contributed by atoms with van der Waals surface area (Å²) in [7, 11) is 0. The molecule has 0 saturated carbocycles. The average Bonchev–Trinajstić information content (AvgIpc) is 3.29. The monoisotopic (exact) mass is 492 g/mol. The molecule has 2 aromatic carbocycles. The Balaban J connectivity index is 1.85. The number of hydrogen-bond acceptors (Lipinski definition) is 4. The van der Waals surface area contributed by atoms with Gasteiger partial charge in [0.15, 0.2) is 0 Å². The molecule has 0 radical (unpaired) electrons. The van der Waals surface area contributed by atoms with Crippen LogP contribution < -0.4 is 4.74 Å². The lowest BCUT2D eigenvalue weighted by atomic mass is 9.70. The molecule has 1 aliphatic rings. The Kier molecular flexibility index (Phi) is 9.41. The van der Waals surface area contributed by atoms with Crippen molar-refractivity contribution in [3.63, 3.8) is 0 Å². The van der Waals surface area contributed by atoms with E-state index in [2.05, 4.69) is 77.1 Å². The maximum absolute atomic E-state index is 11.4. The van der Waals surface area contributed by atoms with Gasteiger partial charge in [-0.1, -0.05) is 76.6 Å². The van der Waals surface area contributed by atoms with Crippen LogP contribution in [0.3, 0.4) is 0 Å². The lowest BCUT2D eigenvalue weighted by Crippen LogP contribution is -2.26. The number of carbonyl (C=O) groups is 1. The van der Waals surface area contributed by atoms with Crippen LogP contribution in [-0.2, 0) is 14.9 Å². The van der Waals surface area contributed by atoms with Gasteiger partial charge in [0.25, 0.3) is 0 Å². The first-order valence-corrected chi connectivity index (χ1v) is 13.7. The quantitative estimate of drug-likeness (QED) is 0.313. The van der Waals surface area contributed by atoms with E-state index in [4.69, 9.17) is 9.47 Å². The molecule has 0 aliphatic carbocycles. The van der Waals surface area contributed by atoms with Crippen LogP contribution in [0.15, 0.2) is 42.5 Å². The SMILES string of the molecule is CCC[C@](O)(C=Cc1ccc(C(CC)(CC)c2ccc(OCC3CCC(=O)O3)c(C)c2)cc1C)CC. The number of aryl methyl sites for hydroxylation is 2. The zero-order chi connectivity index (χ0) is 26.3. The molecule has 0 spiro atoms. The van der Waals surface area contributed by atoms with Crippen molar-refractivity contribution in [1.82, 2.24) is 0 Å². The summed E-state index contributed by atoms with van der Waals surface area (Å²) in [6, 6.07) is 13.2. The van der Waals surface area contributed by atoms with E-state index < -0.39 is 5.60 Å². The van der Waals surface area contributed by atoms with E-state index in [1.807, 2.05) is 13.0 Å². The predicted molar refractivity (Wildman–Crippen MR) is 148 cm³/mol. The van der Waals surface area contributed by atoms with Crippen molar-refractivity contribution >= 4 is 12.0 Å². The number of hydrogen-bond donors (Lipinski definition) is 1. The third kappa shape index (κ3) is 6.21. The van der Waals surface area contributed by atoms with E-state index in [0.29, 0.717) is 19.4 Å². The van der Waals surface area contributed by atoms with Crippen molar-refractivity contribution in [3.8, 4) is 5.75 Å². The molecule has 1 aliphatic heterocycles. The summed E-state index contributed by atoms with van der Waals surface area (Å²) in [4.78, 5) is 11.4. The van der Waals surface area contributed by atoms with Gasteiger partial charge in [-0.15, -0.1) is 0 Å². The van der Waals surface area contributed by atoms with Crippen LogP contribution in [0.4, 0.5) is 0 Å². The smallest absolute Gasteiger partial charge is 0.306 e. The summed E-state index contributed by atoms with van der Waals surface area (Å²) in [5.41, 5.74) is 5.22. The van der Waals surface area contributed by atoms with Crippen LogP contribution in [-0.4, -0.2) is 29.4 Å². The third-order valence-electron chi connectivity index (χ3n) is 8.02. The van der Waals surface area contributed by atoms with Gasteiger partial charge in [-0.3, -0.25) is 4.79 Å². The Morgan fingerprint density at radius 1 is 1.00 bits per heavy atom. The van der Waals surface area contributed by atoms with Crippen molar-refractivity contribution in [1.29, 1.82) is 0 Å². The molecule has 196 valence electrons. The van der Waals surface area contributed by atoms with Gasteiger partial charge in [-0.25, -0.2) is 0 Å². The molecule has 1 heterocycles. The summed E-state index contributed by atoms with van der Waals surface area (Å²) < 4.78 is 11.3. The van der Waals surface area contributed by atoms with Gasteiger partial charge < -0.3 is 14.6 Å². The largest absolute Gasteiger partial charge is 0.489 e. The van der Waals surface area contributed by atoms with Gasteiger partial charge in [0, 0.05) is 11.8 Å². The molecule has 1 unspecified atom stereocenters. The highest BCUT2D eigenvalue weighted by molar-refractivity contribution is 5.71. The second-order valence-electron chi connectivity index (χ2n) is 10.3. The molecule has 1 saturated heterocycles. The Morgan fingerprint density at radius 3 is 2.19 bits per heavy atom. The fraction of sp³-hybridized carbons (Fsp3) is 0.531. The maximum atomic E-state index is 11.4. The van der Waals surface area contributed by atoms with Crippen LogP contribution in [0.25, 0.3) is 6.08 Å². The summed E-state index contributed by atoms with van der Waals surface area (Å²) in [5.74, 6) is 0.708. The lowest BCUT2D eigenvalue weighted by Gasteiger charge is -2.34. The van der Waals surface area contributed by atoms with Crippen molar-refractivity contribution in [3.05, 3.63) is 70.3 Å². The average molecular weight is 493 g/mol. The zero-order valence-corrected chi connectivity index (χ0v) is 23.0. The number of carbonyl (C=O) groups excluding carboxylic acids is 1. The molecule has 0 aromatic heterocycles. The normalized spacial score (nSPS) is 17.9. The molecule has 2 aromatic rings. The summed E-state index contributed by atoms with van der Waals surface area (Å²) >= 11 is 0. The molecule has 4 nitrogen and oxygen atoms in total. The molecule has 3 rings (SSSR count). The summed E-state index contributed by atoms with van der Waals surface area (Å²) in [6.07, 6.45) is 9.54. The maximum Gasteiger partial charge on any atom is 0.306 e. The Bertz CT molecular complexity index is 1070. The topological polar surface area (TPSA) is 55.8 Å². The number of rotatable bonds is 12. The molecule has 4 heteroatoms. The lowest BCUT2D eigenvalue weighted by molar-refractivity contribution is -0.142. The van der Waals surface area contributed by atoms with Gasteiger partial charge in [0.2, 0.25) is 0 Å². The van der Waals surface area contributed by atoms with Crippen molar-refractivity contribution in [2.75, 3.05) is 6.61 Å². The van der Waals surface area contributed by atoms with E-state index in [1.54, 1.807) is 0 Å². The summed E-state index contributed by atoms with van der Waals surface area (Å²) in [6.45, 7) is 13.3. The minimum absolute atomic E-state index is 0.0936. The standard InChI is InChI=1S/C32H44O4/c1-7-18-31(34,8-2)19-17-25-11-12-26(20-23(25)5)32(9-3,10-4)27-13-15-29(24(6)21-27)35-22-28-14-16-30(33)36-28/h11-13,15,17,19-21,28,34H,7-10,14,16,18,22H2,1-6H3/t28?,31-/m0/s1. The minimum atomic E-state index is -0.739. The Morgan fingerprint density at radius 2 is 1.67 bits per heavy atom. The molecule has 36 heavy (non-hydrogen) atoms. The number of ether oxygens (including phenoxy) is 2. The van der Waals surface area contributed by atoms with Crippen molar-refractivity contribution < 1.29 is 19.4 Å². The Hall–Kier alpha value is -2.59. The fourth-order valence-corrected chi connectivity index (χ4v) is 5.44. The highest BCUT2D eigenvalue weighted by Gasteiger charge is 2.32. The first kappa shape index (κ1) is 28.0. The number of cyclic esters (lactones) is 1. The van der Waals surface area contributed by atoms with Crippen LogP contribution in [0.2, 0.25) is 0 Å². The number of benzene rings is 2. The third-order valence-corrected chi connectivity index (χ3v) is 8.02. The second kappa shape index (κ2) is 12.1. The number of aliphatic hydroxyl groups is 1. The van der Waals surface area contributed by atoms with Crippen LogP contribution >= 0.6 is 0 Å². The van der Waals surface area contributed by atoms with Crippen LogP contribution in [0.1, 0.15) is 100 Å². The zero-order valence-electron chi connectivity index (χ0n) is 23.0. The van der Waals surface area contributed by atoms with Crippen LogP contribution in [0, 0.1) is 13.8 Å². The minimum Gasteiger partial charge on any atom is -0.489 e. The summed E-state index contributed by atoms with van der Waals surface area (Å²) in [5, 5.41) is 10.8. The van der Waals surface area contributed by atoms with E-state index in [0.717, 1.165) is 49.0 Å². The van der Waals surface area contributed by atoms with Gasteiger partial charge in [0.1, 0.15) is 18.5 Å². The van der Waals surface area contributed by atoms with Crippen molar-refractivity contribution in [2.45, 2.75) is 104 Å². The van der Waals surface area contributed by atoms with Gasteiger partial charge in [-0.2, -0.15) is 0 Å². The molecular weight excluding hydrogens is 448 g/mol. The fourth-order valence-electron chi connectivity index (χ4n) is 5.44. The molecule has 1 fully saturated rings. The molecule has 2 atom stereocenters. The number of esters is 1. The van der Waals surface area contributed by atoms with E-state index in [9.17, 15) is 9.90 Å². The molecular formula is C32H44O4. The highest BCUT2D eigenvalue weighted by Crippen LogP contribution is 2.41. The van der Waals surface area contributed by atoms with E-state index in [1.165, 1.54) is 16.7 Å². The van der Waals surface area contributed by atoms with Crippen LogP contribution in [0.5, 0.6) is 5.75 Å². The highest BCUT2D eigenvalue weighted by atomic mass is 16.6. The molecule has 0 amide bonds. The predicted octanol–water partition coefficient (Wildman–Crippen LogP) is 7.45. The van der Waals surface area contributed by atoms with E-state index in [-0.39, 0.29) is 17.5 Å². The first-order valence-electron chi connectivity index (χ1n) is 13.7. The second-order valence-corrected chi connectivity index (χ2v) is 10.3. The van der Waals surface area contributed by atoms with Gasteiger partial charge >= 0.3 is 5.97 Å². The Labute approximate surface area is 217 Å².